The van der Waals surface area contributed by atoms with Gasteiger partial charge < -0.3 is 0 Å². The molecule has 0 spiro atoms. The van der Waals surface area contributed by atoms with E-state index in [1.54, 1.807) is 0 Å². The molecule has 0 aliphatic heterocycles. The molecule has 2 nitrogen and oxygen atoms in total. The highest BCUT2D eigenvalue weighted by molar-refractivity contribution is 5.75. The normalized spacial score (nSPS) is 11.7. The van der Waals surface area contributed by atoms with Gasteiger partial charge in [0.1, 0.15) is 0 Å². The smallest absolute Gasteiger partial charge is 0.0675 e. The van der Waals surface area contributed by atoms with Crippen LogP contribution in [-0.4, -0.2) is 9.78 Å². The van der Waals surface area contributed by atoms with E-state index in [4.69, 9.17) is 5.10 Å². The largest absolute Gasteiger partial charge is 0.266 e. The molecule has 0 aliphatic rings. The van der Waals surface area contributed by atoms with Crippen molar-refractivity contribution >= 4 is 0 Å². The summed E-state index contributed by atoms with van der Waals surface area (Å²) in [4.78, 5) is 0. The first kappa shape index (κ1) is 15.8. The number of rotatable bonds is 4. The average molecular weight is 284 g/mol. The van der Waals surface area contributed by atoms with Crippen LogP contribution in [0.25, 0.3) is 11.1 Å². The Hall–Kier alpha value is -1.57. The fourth-order valence-electron chi connectivity index (χ4n) is 3.14. The summed E-state index contributed by atoms with van der Waals surface area (Å²) in [6.07, 6.45) is 1.07. The zero-order chi connectivity index (χ0) is 15.7. The van der Waals surface area contributed by atoms with Gasteiger partial charge in [-0.25, -0.2) is 0 Å². The summed E-state index contributed by atoms with van der Waals surface area (Å²) in [5.41, 5.74) is 7.94. The number of hydrogen-bond donors (Lipinski definition) is 0. The molecule has 114 valence electrons. The molecule has 0 radical (unpaired) electrons. The van der Waals surface area contributed by atoms with E-state index >= 15 is 0 Å². The van der Waals surface area contributed by atoms with Crippen LogP contribution in [0.1, 0.15) is 56.3 Å². The van der Waals surface area contributed by atoms with Crippen molar-refractivity contribution < 1.29 is 0 Å². The van der Waals surface area contributed by atoms with E-state index in [0.717, 1.165) is 12.1 Å². The van der Waals surface area contributed by atoms with Gasteiger partial charge in [-0.05, 0) is 63.6 Å². The average Bonchev–Trinajstić information content (AvgIpc) is 2.67. The lowest BCUT2D eigenvalue weighted by Crippen LogP contribution is -2.10. The summed E-state index contributed by atoms with van der Waals surface area (Å²) >= 11 is 0. The van der Waals surface area contributed by atoms with Crippen LogP contribution in [0.3, 0.4) is 0 Å². The van der Waals surface area contributed by atoms with Crippen LogP contribution in [0.4, 0.5) is 0 Å². The molecule has 0 aliphatic carbocycles. The minimum atomic E-state index is 0.399. The molecule has 21 heavy (non-hydrogen) atoms. The molecule has 1 aromatic carbocycles. The highest BCUT2D eigenvalue weighted by Gasteiger charge is 2.21. The van der Waals surface area contributed by atoms with Gasteiger partial charge >= 0.3 is 0 Å². The predicted molar refractivity (Wildman–Crippen MR) is 90.8 cm³/mol. The molecule has 0 atom stereocenters. The van der Waals surface area contributed by atoms with Crippen LogP contribution in [0, 0.1) is 26.7 Å². The summed E-state index contributed by atoms with van der Waals surface area (Å²) in [6.45, 7) is 15.5. The molecular formula is C19H28N2. The van der Waals surface area contributed by atoms with Crippen molar-refractivity contribution in [1.82, 2.24) is 9.78 Å². The summed E-state index contributed by atoms with van der Waals surface area (Å²) in [6, 6.07) is 6.94. The van der Waals surface area contributed by atoms with E-state index in [1.165, 1.54) is 27.9 Å². The highest BCUT2D eigenvalue weighted by Crippen LogP contribution is 2.35. The Balaban J connectivity index is 2.73. The quantitative estimate of drug-likeness (QED) is 0.749. The van der Waals surface area contributed by atoms with Crippen molar-refractivity contribution in [1.29, 1.82) is 0 Å². The number of aromatic nitrogens is 2. The Bertz CT molecular complexity index is 613. The summed E-state index contributed by atoms with van der Waals surface area (Å²) < 4.78 is 2.22. The number of benzene rings is 1. The Morgan fingerprint density at radius 2 is 1.52 bits per heavy atom. The van der Waals surface area contributed by atoms with Crippen LogP contribution in [-0.2, 0) is 6.42 Å². The van der Waals surface area contributed by atoms with Crippen molar-refractivity contribution in [3.05, 3.63) is 40.7 Å². The van der Waals surface area contributed by atoms with Crippen molar-refractivity contribution in [2.45, 2.75) is 60.9 Å². The predicted octanol–water partition coefficient (Wildman–Crippen LogP) is 5.25. The zero-order valence-electron chi connectivity index (χ0n) is 14.5. The molecule has 0 bridgehead atoms. The topological polar surface area (TPSA) is 17.8 Å². The minimum Gasteiger partial charge on any atom is -0.266 e. The van der Waals surface area contributed by atoms with Gasteiger partial charge in [0.2, 0.25) is 0 Å². The van der Waals surface area contributed by atoms with Gasteiger partial charge in [0.25, 0.3) is 0 Å². The third-order valence-electron chi connectivity index (χ3n) is 4.01. The van der Waals surface area contributed by atoms with Gasteiger partial charge in [-0.15, -0.1) is 0 Å². The molecule has 2 rings (SSSR count). The van der Waals surface area contributed by atoms with E-state index in [0.29, 0.717) is 12.0 Å². The van der Waals surface area contributed by atoms with E-state index in [1.807, 2.05) is 0 Å². The molecule has 0 saturated carbocycles. The highest BCUT2D eigenvalue weighted by atomic mass is 15.3. The van der Waals surface area contributed by atoms with Gasteiger partial charge in [0.15, 0.2) is 0 Å². The van der Waals surface area contributed by atoms with Crippen LogP contribution in [0.5, 0.6) is 0 Å². The van der Waals surface area contributed by atoms with Crippen LogP contribution in [0.15, 0.2) is 18.2 Å². The monoisotopic (exact) mass is 284 g/mol. The number of hydrogen-bond acceptors (Lipinski definition) is 1. The van der Waals surface area contributed by atoms with E-state index in [-0.39, 0.29) is 0 Å². The second-order valence-corrected chi connectivity index (χ2v) is 6.81. The van der Waals surface area contributed by atoms with Gasteiger partial charge in [0.05, 0.1) is 5.69 Å². The number of nitrogens with zero attached hydrogens (tertiary/aromatic N) is 2. The van der Waals surface area contributed by atoms with E-state index in [2.05, 4.69) is 71.3 Å². The lowest BCUT2D eigenvalue weighted by Gasteiger charge is -2.16. The van der Waals surface area contributed by atoms with E-state index in [9.17, 15) is 0 Å². The molecule has 0 unspecified atom stereocenters. The lowest BCUT2D eigenvalue weighted by atomic mass is 9.91. The van der Waals surface area contributed by atoms with Gasteiger partial charge in [-0.3, -0.25) is 4.68 Å². The Morgan fingerprint density at radius 3 is 2.00 bits per heavy atom. The zero-order valence-corrected chi connectivity index (χ0v) is 14.5. The molecule has 1 heterocycles. The lowest BCUT2D eigenvalue weighted by molar-refractivity contribution is 0.487. The molecular weight excluding hydrogens is 256 g/mol. The molecule has 0 fully saturated rings. The molecule has 0 amide bonds. The maximum absolute atomic E-state index is 4.84. The van der Waals surface area contributed by atoms with Crippen molar-refractivity contribution in [3.63, 3.8) is 0 Å². The first-order valence-corrected chi connectivity index (χ1v) is 7.97. The maximum atomic E-state index is 4.84. The second kappa shape index (κ2) is 6.05. The molecule has 1 aromatic heterocycles. The summed E-state index contributed by atoms with van der Waals surface area (Å²) in [5.74, 6) is 0.627. The molecule has 2 aromatic rings. The standard InChI is InChI=1S/C19H28N2/c1-12(2)11-17-19(16(7)20-21(17)13(3)4)18-14(5)9-8-10-15(18)6/h8-10,12-13H,11H2,1-7H3. The van der Waals surface area contributed by atoms with Gasteiger partial charge in [-0.2, -0.15) is 5.10 Å². The SMILES string of the molecule is Cc1cccc(C)c1-c1c(C)nn(C(C)C)c1CC(C)C. The molecule has 2 heteroatoms. The first-order chi connectivity index (χ1) is 9.82. The fraction of sp³-hybridized carbons (Fsp3) is 0.526. The third kappa shape index (κ3) is 3.04. The van der Waals surface area contributed by atoms with Crippen LogP contribution < -0.4 is 0 Å². The summed E-state index contributed by atoms with van der Waals surface area (Å²) in [7, 11) is 0. The third-order valence-corrected chi connectivity index (χ3v) is 4.01. The van der Waals surface area contributed by atoms with E-state index < -0.39 is 0 Å². The molecule has 0 saturated heterocycles. The van der Waals surface area contributed by atoms with Crippen LogP contribution in [0.2, 0.25) is 0 Å². The van der Waals surface area contributed by atoms with Gasteiger partial charge in [-0.1, -0.05) is 32.0 Å². The molecule has 0 N–H and O–H groups in total. The maximum Gasteiger partial charge on any atom is 0.0675 e. The fourth-order valence-corrected chi connectivity index (χ4v) is 3.14. The number of aryl methyl sites for hydroxylation is 3. The summed E-state index contributed by atoms with van der Waals surface area (Å²) in [5, 5.41) is 4.84. The first-order valence-electron chi connectivity index (χ1n) is 7.97. The Kier molecular flexibility index (Phi) is 4.55. The van der Waals surface area contributed by atoms with Crippen LogP contribution >= 0.6 is 0 Å². The minimum absolute atomic E-state index is 0.399. The van der Waals surface area contributed by atoms with Crippen molar-refractivity contribution in [2.24, 2.45) is 5.92 Å². The Labute approximate surface area is 129 Å². The Morgan fingerprint density at radius 1 is 0.952 bits per heavy atom. The second-order valence-electron chi connectivity index (χ2n) is 6.81. The van der Waals surface area contributed by atoms with Crippen molar-refractivity contribution in [2.75, 3.05) is 0 Å². The van der Waals surface area contributed by atoms with Crippen molar-refractivity contribution in [3.8, 4) is 11.1 Å². The van der Waals surface area contributed by atoms with Gasteiger partial charge in [0, 0.05) is 17.3 Å².